The zero-order valence-electron chi connectivity index (χ0n) is 13.1. The van der Waals surface area contributed by atoms with E-state index in [1.807, 2.05) is 34.0 Å². The van der Waals surface area contributed by atoms with Crippen LogP contribution >= 0.6 is 0 Å². The molecule has 1 aromatic heterocycles. The fraction of sp³-hybridized carbons (Fsp3) is 0.733. The van der Waals surface area contributed by atoms with Crippen LogP contribution in [0.25, 0.3) is 0 Å². The fourth-order valence-electron chi connectivity index (χ4n) is 3.99. The summed E-state index contributed by atoms with van der Waals surface area (Å²) in [6.45, 7) is 7.15. The van der Waals surface area contributed by atoms with Crippen molar-refractivity contribution in [3.8, 4) is 0 Å². The van der Waals surface area contributed by atoms with Crippen molar-refractivity contribution in [1.82, 2.24) is 15.1 Å². The summed E-state index contributed by atoms with van der Waals surface area (Å²) >= 11 is 0. The molecule has 3 unspecified atom stereocenters. The van der Waals surface area contributed by atoms with E-state index in [0.29, 0.717) is 13.2 Å². The van der Waals surface area contributed by atoms with Crippen molar-refractivity contribution in [2.24, 2.45) is 24.1 Å². The van der Waals surface area contributed by atoms with Gasteiger partial charge in [-0.05, 0) is 13.3 Å². The molecule has 3 N–H and O–H groups in total. The molecule has 6 heteroatoms. The van der Waals surface area contributed by atoms with Crippen molar-refractivity contribution < 1.29 is 9.53 Å². The minimum absolute atomic E-state index is 0.0810. The predicted molar refractivity (Wildman–Crippen MR) is 78.3 cm³/mol. The molecule has 1 saturated heterocycles. The largest absolute Gasteiger partial charge is 0.377 e. The number of nitrogens with one attached hydrogen (secondary N) is 1. The van der Waals surface area contributed by atoms with Crippen molar-refractivity contribution in [2.75, 3.05) is 6.61 Å². The van der Waals surface area contributed by atoms with Gasteiger partial charge in [-0.15, -0.1) is 0 Å². The van der Waals surface area contributed by atoms with E-state index in [1.165, 1.54) is 0 Å². The first-order chi connectivity index (χ1) is 9.78. The molecule has 0 aromatic carbocycles. The maximum absolute atomic E-state index is 12.7. The van der Waals surface area contributed by atoms with Gasteiger partial charge in [-0.3, -0.25) is 9.48 Å². The van der Waals surface area contributed by atoms with Crippen LogP contribution in [0, 0.1) is 18.3 Å². The average molecular weight is 292 g/mol. The fourth-order valence-corrected chi connectivity index (χ4v) is 3.99. The van der Waals surface area contributed by atoms with Gasteiger partial charge in [0.25, 0.3) is 0 Å². The van der Waals surface area contributed by atoms with Gasteiger partial charge in [0.1, 0.15) is 5.54 Å². The molecule has 2 fully saturated rings. The lowest BCUT2D eigenvalue weighted by Gasteiger charge is -2.60. The summed E-state index contributed by atoms with van der Waals surface area (Å²) in [6.07, 6.45) is 2.89. The Bertz CT molecular complexity index is 580. The molecule has 21 heavy (non-hydrogen) atoms. The lowest BCUT2D eigenvalue weighted by molar-refractivity contribution is -0.175. The van der Waals surface area contributed by atoms with Gasteiger partial charge in [0.2, 0.25) is 5.91 Å². The zero-order valence-corrected chi connectivity index (χ0v) is 13.1. The molecule has 1 aliphatic heterocycles. The number of aromatic nitrogens is 2. The number of hydrogen-bond acceptors (Lipinski definition) is 4. The Labute approximate surface area is 125 Å². The number of rotatable bonds is 3. The van der Waals surface area contributed by atoms with Crippen LogP contribution in [-0.4, -0.2) is 33.9 Å². The third-order valence-corrected chi connectivity index (χ3v) is 5.38. The third kappa shape index (κ3) is 1.85. The van der Waals surface area contributed by atoms with Crippen LogP contribution in [-0.2, 0) is 23.1 Å². The Morgan fingerprint density at radius 1 is 1.62 bits per heavy atom. The van der Waals surface area contributed by atoms with Crippen LogP contribution < -0.4 is 11.1 Å². The van der Waals surface area contributed by atoms with Crippen molar-refractivity contribution in [3.05, 3.63) is 17.5 Å². The van der Waals surface area contributed by atoms with Gasteiger partial charge >= 0.3 is 0 Å². The van der Waals surface area contributed by atoms with Gasteiger partial charge in [-0.1, -0.05) is 13.8 Å². The smallest absolute Gasteiger partial charge is 0.241 e. The summed E-state index contributed by atoms with van der Waals surface area (Å²) in [5, 5.41) is 7.27. The van der Waals surface area contributed by atoms with Crippen LogP contribution in [0.3, 0.4) is 0 Å². The Morgan fingerprint density at radius 3 is 2.95 bits per heavy atom. The third-order valence-electron chi connectivity index (χ3n) is 5.38. The van der Waals surface area contributed by atoms with Crippen molar-refractivity contribution in [3.63, 3.8) is 0 Å². The second kappa shape index (κ2) is 4.55. The number of ether oxygens (including phenoxy) is 1. The van der Waals surface area contributed by atoms with E-state index in [2.05, 4.69) is 10.4 Å². The lowest BCUT2D eigenvalue weighted by atomic mass is 9.48. The standard InChI is InChI=1S/C15H24N4O2/c1-9-10(8-19(4)18-9)7-17-13(20)15(16)11-5-6-21-12(11)14(15,2)3/h8,11-12H,5-7,16H2,1-4H3,(H,17,20). The highest BCUT2D eigenvalue weighted by Crippen LogP contribution is 2.58. The first-order valence-electron chi connectivity index (χ1n) is 7.46. The Hall–Kier alpha value is -1.40. The molecule has 0 spiro atoms. The molecule has 3 atom stereocenters. The van der Waals surface area contributed by atoms with Crippen LogP contribution in [0.15, 0.2) is 6.20 Å². The highest BCUT2D eigenvalue weighted by atomic mass is 16.5. The topological polar surface area (TPSA) is 82.2 Å². The molecular weight excluding hydrogens is 268 g/mol. The summed E-state index contributed by atoms with van der Waals surface area (Å²) in [4.78, 5) is 12.7. The van der Waals surface area contributed by atoms with E-state index in [9.17, 15) is 4.79 Å². The van der Waals surface area contributed by atoms with Crippen molar-refractivity contribution in [2.45, 2.75) is 45.4 Å². The molecule has 2 heterocycles. The summed E-state index contributed by atoms with van der Waals surface area (Å²) in [6, 6.07) is 0. The van der Waals surface area contributed by atoms with E-state index in [4.69, 9.17) is 10.5 Å². The molecule has 1 amide bonds. The van der Waals surface area contributed by atoms with E-state index >= 15 is 0 Å². The first-order valence-corrected chi connectivity index (χ1v) is 7.46. The van der Waals surface area contributed by atoms with E-state index in [-0.39, 0.29) is 23.3 Å². The normalized spacial score (nSPS) is 33.4. The van der Waals surface area contributed by atoms with Crippen molar-refractivity contribution in [1.29, 1.82) is 0 Å². The van der Waals surface area contributed by atoms with E-state index < -0.39 is 5.54 Å². The summed E-state index contributed by atoms with van der Waals surface area (Å²) in [5.74, 6) is 0.0463. The molecule has 0 bridgehead atoms. The molecule has 116 valence electrons. The average Bonchev–Trinajstić information content (AvgIpc) is 3.00. The number of carbonyl (C=O) groups is 1. The first kappa shape index (κ1) is 14.5. The molecule has 0 radical (unpaired) electrons. The summed E-state index contributed by atoms with van der Waals surface area (Å²) < 4.78 is 7.48. The maximum atomic E-state index is 12.7. The van der Waals surface area contributed by atoms with Crippen molar-refractivity contribution >= 4 is 5.91 Å². The number of aryl methyl sites for hydroxylation is 2. The molecule has 2 aliphatic rings. The van der Waals surface area contributed by atoms with Gasteiger partial charge in [0.05, 0.1) is 11.8 Å². The second-order valence-corrected chi connectivity index (χ2v) is 6.87. The minimum Gasteiger partial charge on any atom is -0.377 e. The SMILES string of the molecule is Cc1nn(C)cc1CNC(=O)C1(N)C2CCOC2C1(C)C. The van der Waals surface area contributed by atoms with Gasteiger partial charge in [0.15, 0.2) is 0 Å². The molecule has 6 nitrogen and oxygen atoms in total. The van der Waals surface area contributed by atoms with Gasteiger partial charge < -0.3 is 15.8 Å². The highest BCUT2D eigenvalue weighted by Gasteiger charge is 2.71. The second-order valence-electron chi connectivity index (χ2n) is 6.87. The summed E-state index contributed by atoms with van der Waals surface area (Å²) in [7, 11) is 1.87. The molecular formula is C15H24N4O2. The molecule has 1 saturated carbocycles. The lowest BCUT2D eigenvalue weighted by Crippen LogP contribution is -2.80. The highest BCUT2D eigenvalue weighted by molar-refractivity contribution is 5.89. The number of fused-ring (bicyclic) bond motifs is 1. The van der Waals surface area contributed by atoms with Crippen LogP contribution in [0.5, 0.6) is 0 Å². The van der Waals surface area contributed by atoms with Gasteiger partial charge in [-0.25, -0.2) is 0 Å². The van der Waals surface area contributed by atoms with Gasteiger partial charge in [-0.2, -0.15) is 5.10 Å². The number of carbonyl (C=O) groups excluding carboxylic acids is 1. The predicted octanol–water partition coefficient (Wildman–Crippen LogP) is 0.487. The van der Waals surface area contributed by atoms with Gasteiger partial charge in [0, 0.05) is 43.3 Å². The number of nitrogens with zero attached hydrogens (tertiary/aromatic N) is 2. The summed E-state index contributed by atoms with van der Waals surface area (Å²) in [5.41, 5.74) is 7.28. The Balaban J connectivity index is 1.72. The van der Waals surface area contributed by atoms with Crippen LogP contribution in [0.4, 0.5) is 0 Å². The molecule has 1 aromatic rings. The maximum Gasteiger partial charge on any atom is 0.241 e. The van der Waals surface area contributed by atoms with Crippen LogP contribution in [0.1, 0.15) is 31.5 Å². The number of amides is 1. The molecule has 3 rings (SSSR count). The monoisotopic (exact) mass is 292 g/mol. The Kier molecular flexibility index (Phi) is 3.15. The van der Waals surface area contributed by atoms with E-state index in [0.717, 1.165) is 17.7 Å². The van der Waals surface area contributed by atoms with Crippen LogP contribution in [0.2, 0.25) is 0 Å². The number of hydrogen-bond donors (Lipinski definition) is 2. The van der Waals surface area contributed by atoms with E-state index in [1.54, 1.807) is 4.68 Å². The quantitative estimate of drug-likeness (QED) is 0.849. The minimum atomic E-state index is -0.843. The zero-order chi connectivity index (χ0) is 15.4. The molecule has 1 aliphatic carbocycles. The number of nitrogens with two attached hydrogens (primary N) is 1. The Morgan fingerprint density at radius 2 is 2.33 bits per heavy atom.